The molecule has 1 aromatic carbocycles. The number of hydrogen-bond acceptors (Lipinski definition) is 1. The van der Waals surface area contributed by atoms with E-state index in [9.17, 15) is 4.39 Å². The summed E-state index contributed by atoms with van der Waals surface area (Å²) < 4.78 is 13.8. The predicted octanol–water partition coefficient (Wildman–Crippen LogP) is 3.80. The van der Waals surface area contributed by atoms with Crippen LogP contribution >= 0.6 is 15.9 Å². The zero-order valence-corrected chi connectivity index (χ0v) is 9.48. The van der Waals surface area contributed by atoms with Crippen molar-refractivity contribution in [2.75, 3.05) is 11.9 Å². The monoisotopic (exact) mass is 257 g/mol. The summed E-state index contributed by atoms with van der Waals surface area (Å²) >= 11 is 3.39. The molecule has 0 saturated heterocycles. The van der Waals surface area contributed by atoms with Crippen molar-refractivity contribution < 1.29 is 4.39 Å². The van der Waals surface area contributed by atoms with E-state index in [2.05, 4.69) is 21.2 Å². The summed E-state index contributed by atoms with van der Waals surface area (Å²) in [6, 6.07) is 4.72. The SMILES string of the molecule is Fc1ccc(Br)c(NCC2CCC2)c1. The number of hydrogen-bond donors (Lipinski definition) is 1. The van der Waals surface area contributed by atoms with E-state index >= 15 is 0 Å². The van der Waals surface area contributed by atoms with Gasteiger partial charge in [0, 0.05) is 11.0 Å². The van der Waals surface area contributed by atoms with Crippen LogP contribution in [0.25, 0.3) is 0 Å². The number of halogens is 2. The molecule has 1 nitrogen and oxygen atoms in total. The van der Waals surface area contributed by atoms with Crippen LogP contribution < -0.4 is 5.32 Å². The van der Waals surface area contributed by atoms with Crippen LogP contribution in [0.4, 0.5) is 10.1 Å². The van der Waals surface area contributed by atoms with E-state index in [1.807, 2.05) is 0 Å². The molecule has 1 saturated carbocycles. The normalized spacial score (nSPS) is 16.4. The second kappa shape index (κ2) is 4.30. The van der Waals surface area contributed by atoms with Gasteiger partial charge in [0.15, 0.2) is 0 Å². The molecule has 1 aliphatic rings. The third-order valence-corrected chi connectivity index (χ3v) is 3.43. The zero-order valence-electron chi connectivity index (χ0n) is 7.89. The molecule has 0 aromatic heterocycles. The molecule has 0 amide bonds. The van der Waals surface area contributed by atoms with Gasteiger partial charge in [0.1, 0.15) is 5.82 Å². The van der Waals surface area contributed by atoms with E-state index in [-0.39, 0.29) is 5.82 Å². The van der Waals surface area contributed by atoms with Crippen molar-refractivity contribution in [3.05, 3.63) is 28.5 Å². The Kier molecular flexibility index (Phi) is 3.06. The Hall–Kier alpha value is -0.570. The predicted molar refractivity (Wildman–Crippen MR) is 59.9 cm³/mol. The highest BCUT2D eigenvalue weighted by atomic mass is 79.9. The van der Waals surface area contributed by atoms with Gasteiger partial charge in [-0.05, 0) is 52.9 Å². The van der Waals surface area contributed by atoms with E-state index in [4.69, 9.17) is 0 Å². The van der Waals surface area contributed by atoms with Crippen molar-refractivity contribution in [3.8, 4) is 0 Å². The minimum atomic E-state index is -0.190. The molecule has 1 aromatic rings. The van der Waals surface area contributed by atoms with Crippen molar-refractivity contribution in [3.63, 3.8) is 0 Å². The molecule has 0 atom stereocenters. The second-order valence-electron chi connectivity index (χ2n) is 3.80. The summed E-state index contributed by atoms with van der Waals surface area (Å²) in [6.45, 7) is 0.960. The van der Waals surface area contributed by atoms with Gasteiger partial charge in [-0.1, -0.05) is 6.42 Å². The topological polar surface area (TPSA) is 12.0 Å². The first-order valence-corrected chi connectivity index (χ1v) is 5.74. The molecular weight excluding hydrogens is 245 g/mol. The van der Waals surface area contributed by atoms with Crippen LogP contribution in [0.3, 0.4) is 0 Å². The van der Waals surface area contributed by atoms with Crippen molar-refractivity contribution in [2.24, 2.45) is 5.92 Å². The number of anilines is 1. The van der Waals surface area contributed by atoms with Crippen LogP contribution in [-0.2, 0) is 0 Å². The maximum Gasteiger partial charge on any atom is 0.125 e. The highest BCUT2D eigenvalue weighted by molar-refractivity contribution is 9.10. The summed E-state index contributed by atoms with van der Waals surface area (Å²) in [5.41, 5.74) is 0.858. The van der Waals surface area contributed by atoms with Gasteiger partial charge in [-0.2, -0.15) is 0 Å². The van der Waals surface area contributed by atoms with Crippen LogP contribution in [0.1, 0.15) is 19.3 Å². The van der Waals surface area contributed by atoms with Crippen molar-refractivity contribution in [1.29, 1.82) is 0 Å². The lowest BCUT2D eigenvalue weighted by molar-refractivity contribution is 0.333. The Morgan fingerprint density at radius 3 is 2.86 bits per heavy atom. The van der Waals surface area contributed by atoms with E-state index in [0.29, 0.717) is 0 Å². The van der Waals surface area contributed by atoms with Gasteiger partial charge >= 0.3 is 0 Å². The Morgan fingerprint density at radius 2 is 2.21 bits per heavy atom. The molecule has 1 N–H and O–H groups in total. The fourth-order valence-electron chi connectivity index (χ4n) is 1.58. The minimum Gasteiger partial charge on any atom is -0.384 e. The first-order chi connectivity index (χ1) is 6.75. The third-order valence-electron chi connectivity index (χ3n) is 2.73. The Bertz CT molecular complexity index is 323. The summed E-state index contributed by atoms with van der Waals surface area (Å²) in [7, 11) is 0. The van der Waals surface area contributed by atoms with Gasteiger partial charge in [0.25, 0.3) is 0 Å². The molecule has 0 aliphatic heterocycles. The van der Waals surface area contributed by atoms with Crippen LogP contribution in [0.5, 0.6) is 0 Å². The fourth-order valence-corrected chi connectivity index (χ4v) is 1.97. The van der Waals surface area contributed by atoms with E-state index in [0.717, 1.165) is 22.6 Å². The maximum absolute atomic E-state index is 12.9. The largest absolute Gasteiger partial charge is 0.384 e. The zero-order chi connectivity index (χ0) is 9.97. The van der Waals surface area contributed by atoms with Gasteiger partial charge < -0.3 is 5.32 Å². The summed E-state index contributed by atoms with van der Waals surface area (Å²) in [5, 5.41) is 3.27. The van der Waals surface area contributed by atoms with Gasteiger partial charge in [-0.15, -0.1) is 0 Å². The van der Waals surface area contributed by atoms with Crippen molar-refractivity contribution in [1.82, 2.24) is 0 Å². The fraction of sp³-hybridized carbons (Fsp3) is 0.455. The molecule has 1 aliphatic carbocycles. The molecule has 0 unspecified atom stereocenters. The molecule has 76 valence electrons. The van der Waals surface area contributed by atoms with Gasteiger partial charge in [-0.25, -0.2) is 4.39 Å². The summed E-state index contributed by atoms with van der Waals surface area (Å²) in [6.07, 6.45) is 3.95. The smallest absolute Gasteiger partial charge is 0.125 e. The van der Waals surface area contributed by atoms with Gasteiger partial charge in [0.2, 0.25) is 0 Å². The van der Waals surface area contributed by atoms with Crippen LogP contribution in [0, 0.1) is 11.7 Å². The Balaban J connectivity index is 1.96. The standard InChI is InChI=1S/C11H13BrFN/c12-10-5-4-9(13)6-11(10)14-7-8-2-1-3-8/h4-6,8,14H,1-3,7H2. The lowest BCUT2D eigenvalue weighted by Crippen LogP contribution is -2.21. The summed E-state index contributed by atoms with van der Waals surface area (Å²) in [5.74, 6) is 0.592. The number of rotatable bonds is 3. The molecule has 0 radical (unpaired) electrons. The van der Waals surface area contributed by atoms with Crippen LogP contribution in [0.15, 0.2) is 22.7 Å². The van der Waals surface area contributed by atoms with Gasteiger partial charge in [0.05, 0.1) is 5.69 Å². The third kappa shape index (κ3) is 2.27. The second-order valence-corrected chi connectivity index (χ2v) is 4.66. The van der Waals surface area contributed by atoms with E-state index in [1.165, 1.54) is 31.4 Å². The lowest BCUT2D eigenvalue weighted by atomic mass is 9.85. The maximum atomic E-state index is 12.9. The highest BCUT2D eigenvalue weighted by Gasteiger charge is 2.17. The highest BCUT2D eigenvalue weighted by Crippen LogP contribution is 2.28. The molecule has 0 spiro atoms. The molecule has 0 bridgehead atoms. The average molecular weight is 258 g/mol. The molecule has 1 fully saturated rings. The quantitative estimate of drug-likeness (QED) is 0.869. The molecule has 2 rings (SSSR count). The summed E-state index contributed by atoms with van der Waals surface area (Å²) in [4.78, 5) is 0. The molecule has 0 heterocycles. The average Bonchev–Trinajstić information content (AvgIpc) is 2.08. The number of nitrogens with one attached hydrogen (secondary N) is 1. The number of benzene rings is 1. The van der Waals surface area contributed by atoms with Crippen LogP contribution in [0.2, 0.25) is 0 Å². The molecule has 14 heavy (non-hydrogen) atoms. The van der Waals surface area contributed by atoms with E-state index < -0.39 is 0 Å². The molecular formula is C11H13BrFN. The molecule has 3 heteroatoms. The lowest BCUT2D eigenvalue weighted by Gasteiger charge is -2.26. The Morgan fingerprint density at radius 1 is 1.43 bits per heavy atom. The van der Waals surface area contributed by atoms with Crippen molar-refractivity contribution >= 4 is 21.6 Å². The Labute approximate surface area is 91.8 Å². The van der Waals surface area contributed by atoms with Crippen molar-refractivity contribution in [2.45, 2.75) is 19.3 Å². The first kappa shape index (κ1) is 9.97. The van der Waals surface area contributed by atoms with Gasteiger partial charge in [-0.3, -0.25) is 0 Å². The van der Waals surface area contributed by atoms with Crippen LogP contribution in [-0.4, -0.2) is 6.54 Å². The first-order valence-electron chi connectivity index (χ1n) is 4.94. The van der Waals surface area contributed by atoms with E-state index in [1.54, 1.807) is 6.07 Å². The minimum absolute atomic E-state index is 0.190.